The summed E-state index contributed by atoms with van der Waals surface area (Å²) in [7, 11) is 4.14. The lowest BCUT2D eigenvalue weighted by molar-refractivity contribution is -0.113. The molecule has 1 aromatic rings. The molecule has 2 heterocycles. The van der Waals surface area contributed by atoms with Crippen molar-refractivity contribution in [2.45, 2.75) is 37.8 Å². The van der Waals surface area contributed by atoms with E-state index in [0.717, 1.165) is 42.7 Å². The lowest BCUT2D eigenvalue weighted by Gasteiger charge is -2.43. The molecule has 4 rings (SSSR count). The first-order valence-corrected chi connectivity index (χ1v) is 11.2. The number of rotatable bonds is 9. The molecular weight excluding hydrogens is 403 g/mol. The molecule has 1 saturated carbocycles. The molecule has 1 aliphatic carbocycles. The Bertz CT molecular complexity index is 1010. The summed E-state index contributed by atoms with van der Waals surface area (Å²) in [6, 6.07) is 4.20. The van der Waals surface area contributed by atoms with Crippen LogP contribution < -0.4 is 0 Å². The van der Waals surface area contributed by atoms with E-state index in [0.29, 0.717) is 29.8 Å². The molecule has 167 valence electrons. The van der Waals surface area contributed by atoms with Gasteiger partial charge in [0.25, 0.3) is 0 Å². The molecule has 0 aromatic heterocycles. The van der Waals surface area contributed by atoms with Crippen molar-refractivity contribution >= 4 is 19.0 Å². The smallest absolute Gasteiger partial charge is 0.336 e. The molecular formula is C25H30BN2O4. The second-order valence-electron chi connectivity index (χ2n) is 9.23. The first-order chi connectivity index (χ1) is 15.3. The number of allylic oxidation sites excluding steroid dienone is 2. The molecule has 1 aromatic carbocycles. The summed E-state index contributed by atoms with van der Waals surface area (Å²) in [6.45, 7) is 8.04. The molecule has 2 N–H and O–H groups in total. The Labute approximate surface area is 190 Å². The van der Waals surface area contributed by atoms with Crippen LogP contribution in [0.2, 0.25) is 5.82 Å². The van der Waals surface area contributed by atoms with E-state index in [1.807, 2.05) is 18.0 Å². The Kier molecular flexibility index (Phi) is 6.18. The van der Waals surface area contributed by atoms with Gasteiger partial charge >= 0.3 is 5.97 Å². The van der Waals surface area contributed by atoms with Crippen LogP contribution in [-0.4, -0.2) is 65.7 Å². The number of hydrogen-bond acceptors (Lipinski definition) is 5. The lowest BCUT2D eigenvalue weighted by Crippen LogP contribution is -2.48. The number of fused-ring (bicyclic) bond motifs is 3. The van der Waals surface area contributed by atoms with E-state index in [-0.39, 0.29) is 5.76 Å². The van der Waals surface area contributed by atoms with Crippen LogP contribution in [0.1, 0.15) is 46.3 Å². The van der Waals surface area contributed by atoms with E-state index in [1.54, 1.807) is 13.1 Å². The number of aliphatic hydroxyl groups is 1. The molecule has 2 aliphatic heterocycles. The maximum Gasteiger partial charge on any atom is 0.336 e. The highest BCUT2D eigenvalue weighted by Crippen LogP contribution is 2.56. The molecule has 0 amide bonds. The summed E-state index contributed by atoms with van der Waals surface area (Å²) in [6.07, 6.45) is 7.04. The molecule has 0 spiro atoms. The summed E-state index contributed by atoms with van der Waals surface area (Å²) >= 11 is 0. The molecule has 2 atom stereocenters. The number of carboxylic acids is 1. The normalized spacial score (nSPS) is 21.9. The van der Waals surface area contributed by atoms with Crippen molar-refractivity contribution in [2.75, 3.05) is 26.7 Å². The van der Waals surface area contributed by atoms with Crippen molar-refractivity contribution in [2.24, 2.45) is 5.92 Å². The van der Waals surface area contributed by atoms with Gasteiger partial charge in [-0.3, -0.25) is 4.79 Å². The topological polar surface area (TPSA) is 81.1 Å². The standard InChI is InChI=1S/C25H30BN2O4/c1-4-22(29)23(30)7-8-27(3)12-15(2)28-13-16(14-28)9-17-5-6-18-19-10-21(19)26-11-20(18)24(17)25(31)32/h4-8,16,19,21,29H,2,9-14H2,1,3H3,(H,31,32)/b8-7-,22-4+. The van der Waals surface area contributed by atoms with Gasteiger partial charge in [0.05, 0.1) is 12.1 Å². The lowest BCUT2D eigenvalue weighted by atomic mass is 9.60. The van der Waals surface area contributed by atoms with E-state index in [2.05, 4.69) is 24.8 Å². The quantitative estimate of drug-likeness (QED) is 0.353. The Balaban J connectivity index is 1.32. The third-order valence-corrected chi connectivity index (χ3v) is 6.86. The summed E-state index contributed by atoms with van der Waals surface area (Å²) in [5.41, 5.74) is 4.71. The van der Waals surface area contributed by atoms with E-state index < -0.39 is 11.8 Å². The van der Waals surface area contributed by atoms with E-state index in [9.17, 15) is 19.8 Å². The number of carbonyl (C=O) groups excluding carboxylic acids is 1. The Morgan fingerprint density at radius 2 is 2.06 bits per heavy atom. The van der Waals surface area contributed by atoms with Crippen LogP contribution in [-0.2, 0) is 17.5 Å². The number of carbonyl (C=O) groups is 2. The molecule has 2 fully saturated rings. The van der Waals surface area contributed by atoms with Gasteiger partial charge in [0.2, 0.25) is 5.78 Å². The number of likely N-dealkylation sites (tertiary alicyclic amines) is 1. The molecule has 7 heteroatoms. The highest BCUT2D eigenvalue weighted by Gasteiger charge is 2.44. The minimum absolute atomic E-state index is 0.267. The number of benzene rings is 1. The van der Waals surface area contributed by atoms with Crippen LogP contribution in [0, 0.1) is 5.92 Å². The van der Waals surface area contributed by atoms with Gasteiger partial charge in [0.1, 0.15) is 7.28 Å². The van der Waals surface area contributed by atoms with Crippen LogP contribution >= 0.6 is 0 Å². The number of likely N-dealkylation sites (N-methyl/N-ethyl adjacent to an activating group) is 1. The number of hydrogen-bond donors (Lipinski definition) is 2. The van der Waals surface area contributed by atoms with Crippen LogP contribution in [0.5, 0.6) is 0 Å². The van der Waals surface area contributed by atoms with Crippen LogP contribution in [0.3, 0.4) is 0 Å². The largest absolute Gasteiger partial charge is 0.504 e. The van der Waals surface area contributed by atoms with Gasteiger partial charge in [-0.25, -0.2) is 4.79 Å². The van der Waals surface area contributed by atoms with Gasteiger partial charge in [-0.1, -0.05) is 37.3 Å². The average molecular weight is 433 g/mol. The third-order valence-electron chi connectivity index (χ3n) is 6.86. The van der Waals surface area contributed by atoms with Crippen LogP contribution in [0.25, 0.3) is 0 Å². The van der Waals surface area contributed by atoms with Crippen molar-refractivity contribution in [3.63, 3.8) is 0 Å². The Morgan fingerprint density at radius 1 is 1.31 bits per heavy atom. The van der Waals surface area contributed by atoms with Crippen molar-refractivity contribution < 1.29 is 19.8 Å². The van der Waals surface area contributed by atoms with Gasteiger partial charge < -0.3 is 20.0 Å². The van der Waals surface area contributed by atoms with Gasteiger partial charge in [0, 0.05) is 38.1 Å². The monoisotopic (exact) mass is 433 g/mol. The zero-order valence-corrected chi connectivity index (χ0v) is 18.8. The summed E-state index contributed by atoms with van der Waals surface area (Å²) in [5, 5.41) is 19.3. The number of ketones is 1. The van der Waals surface area contributed by atoms with Gasteiger partial charge in [-0.2, -0.15) is 0 Å². The zero-order valence-electron chi connectivity index (χ0n) is 18.8. The molecule has 1 saturated heterocycles. The molecule has 2 unspecified atom stereocenters. The number of aliphatic hydroxyl groups excluding tert-OH is 1. The number of carboxylic acid groups (broad SMARTS) is 1. The average Bonchev–Trinajstić information content (AvgIpc) is 3.52. The van der Waals surface area contributed by atoms with Gasteiger partial charge in [-0.15, -0.1) is 0 Å². The SMILES string of the molecule is C=C(CN(C)/C=C\C(=O)/C(O)=C\C)N1CC(Cc2ccc3c(c2C(=O)O)C[B]C2CC32)C1. The minimum Gasteiger partial charge on any atom is -0.504 e. The van der Waals surface area contributed by atoms with Crippen molar-refractivity contribution in [3.8, 4) is 0 Å². The summed E-state index contributed by atoms with van der Waals surface area (Å²) < 4.78 is 0. The fraction of sp³-hybridized carbons (Fsp3) is 0.440. The van der Waals surface area contributed by atoms with Crippen molar-refractivity contribution in [3.05, 3.63) is 70.8 Å². The number of aromatic carboxylic acids is 1. The maximum absolute atomic E-state index is 12.1. The highest BCUT2D eigenvalue weighted by atomic mass is 16.4. The van der Waals surface area contributed by atoms with Crippen molar-refractivity contribution in [1.82, 2.24) is 9.80 Å². The predicted octanol–water partition coefficient (Wildman–Crippen LogP) is 3.34. The number of nitrogens with zero attached hydrogens (tertiary/aromatic N) is 2. The fourth-order valence-electron chi connectivity index (χ4n) is 4.95. The molecule has 0 bridgehead atoms. The second kappa shape index (κ2) is 8.89. The maximum atomic E-state index is 12.1. The highest BCUT2D eigenvalue weighted by molar-refractivity contribution is 6.40. The Morgan fingerprint density at radius 3 is 2.75 bits per heavy atom. The summed E-state index contributed by atoms with van der Waals surface area (Å²) in [4.78, 5) is 27.8. The van der Waals surface area contributed by atoms with E-state index in [1.165, 1.54) is 24.1 Å². The van der Waals surface area contributed by atoms with Crippen molar-refractivity contribution in [1.29, 1.82) is 0 Å². The van der Waals surface area contributed by atoms with Gasteiger partial charge in [-0.05, 0) is 47.9 Å². The van der Waals surface area contributed by atoms with Crippen LogP contribution in [0.15, 0.2) is 48.5 Å². The third kappa shape index (κ3) is 4.47. The molecule has 32 heavy (non-hydrogen) atoms. The fourth-order valence-corrected chi connectivity index (χ4v) is 4.95. The predicted molar refractivity (Wildman–Crippen MR) is 125 cm³/mol. The molecule has 6 nitrogen and oxygen atoms in total. The minimum atomic E-state index is -0.808. The Hall–Kier alpha value is -2.96. The van der Waals surface area contributed by atoms with Gasteiger partial charge in [0.15, 0.2) is 5.76 Å². The summed E-state index contributed by atoms with van der Waals surface area (Å²) in [5.74, 6) is 0.0905. The first kappa shape index (κ1) is 22.2. The van der Waals surface area contributed by atoms with E-state index in [4.69, 9.17) is 0 Å². The van der Waals surface area contributed by atoms with E-state index >= 15 is 0 Å². The van der Waals surface area contributed by atoms with Crippen LogP contribution in [0.4, 0.5) is 0 Å². The zero-order chi connectivity index (χ0) is 23.0. The second-order valence-corrected chi connectivity index (χ2v) is 9.23. The molecule has 1 radical (unpaired) electrons. The first-order valence-electron chi connectivity index (χ1n) is 11.2. The molecule has 3 aliphatic rings.